The first-order chi connectivity index (χ1) is 16.7. The van der Waals surface area contributed by atoms with E-state index in [1.54, 1.807) is 24.3 Å². The summed E-state index contributed by atoms with van der Waals surface area (Å²) in [4.78, 5) is 13.2. The Hall–Kier alpha value is -3.60. The molecule has 0 bridgehead atoms. The minimum absolute atomic E-state index is 0.0520. The lowest BCUT2D eigenvalue weighted by atomic mass is 9.96. The molecular formula is C23H22ClF3N4O4. The number of rotatable bonds is 6. The van der Waals surface area contributed by atoms with Gasteiger partial charge < -0.3 is 24.8 Å². The second kappa shape index (κ2) is 9.57. The molecule has 0 fully saturated rings. The molecule has 3 aromatic rings. The van der Waals surface area contributed by atoms with E-state index >= 15 is 0 Å². The van der Waals surface area contributed by atoms with Crippen LogP contribution in [0.5, 0.6) is 17.2 Å². The highest BCUT2D eigenvalue weighted by atomic mass is 35.5. The fraction of sp³-hybridized carbons (Fsp3) is 0.304. The molecule has 0 spiro atoms. The number of carbonyl (C=O) groups excluding carboxylic acids is 1. The average molecular weight is 511 g/mol. The van der Waals surface area contributed by atoms with Crippen molar-refractivity contribution in [1.29, 1.82) is 0 Å². The molecule has 4 rings (SSSR count). The van der Waals surface area contributed by atoms with Crippen LogP contribution in [-0.2, 0) is 0 Å². The van der Waals surface area contributed by atoms with Gasteiger partial charge in [0.05, 0.1) is 44.3 Å². The van der Waals surface area contributed by atoms with Crippen LogP contribution in [0.2, 0.25) is 5.02 Å². The van der Waals surface area contributed by atoms with Crippen LogP contribution in [0.1, 0.15) is 34.4 Å². The topological polar surface area (TPSA) is 86.6 Å². The number of fused-ring (bicyclic) bond motifs is 1. The van der Waals surface area contributed by atoms with Gasteiger partial charge in [0, 0.05) is 18.6 Å². The fourth-order valence-electron chi connectivity index (χ4n) is 3.95. The standard InChI is InChI=1S/C23H22ClF3N4O4/c1-33-13-6-4-5-12(7-13)16-10-20(23(25,26)27)31-21(29-16)14(11-28-31)22(32)30-17-9-18(34-2)15(24)8-19(17)35-3/h4-9,11,16,20,29H,10H2,1-3H3,(H,30,32)/t16-,20-/m0/s1. The van der Waals surface area contributed by atoms with E-state index in [9.17, 15) is 18.0 Å². The molecule has 2 atom stereocenters. The van der Waals surface area contributed by atoms with Gasteiger partial charge in [0.2, 0.25) is 0 Å². The third-order valence-corrected chi connectivity index (χ3v) is 6.00. The van der Waals surface area contributed by atoms with Crippen molar-refractivity contribution in [2.75, 3.05) is 32.0 Å². The summed E-state index contributed by atoms with van der Waals surface area (Å²) >= 11 is 6.11. The van der Waals surface area contributed by atoms with E-state index in [-0.39, 0.29) is 40.0 Å². The second-order valence-electron chi connectivity index (χ2n) is 7.76. The van der Waals surface area contributed by atoms with Crippen LogP contribution in [0.4, 0.5) is 24.7 Å². The third kappa shape index (κ3) is 4.81. The van der Waals surface area contributed by atoms with E-state index in [4.69, 9.17) is 25.8 Å². The Morgan fingerprint density at radius 1 is 1.14 bits per heavy atom. The highest BCUT2D eigenvalue weighted by Crippen LogP contribution is 2.45. The van der Waals surface area contributed by atoms with E-state index in [0.717, 1.165) is 10.9 Å². The summed E-state index contributed by atoms with van der Waals surface area (Å²) in [5.74, 6) is 0.305. The average Bonchev–Trinajstić information content (AvgIpc) is 3.27. The molecule has 8 nitrogen and oxygen atoms in total. The number of methoxy groups -OCH3 is 3. The van der Waals surface area contributed by atoms with E-state index in [1.165, 1.54) is 33.5 Å². The number of anilines is 2. The molecule has 1 aliphatic heterocycles. The summed E-state index contributed by atoms with van der Waals surface area (Å²) in [5, 5.41) is 9.85. The lowest BCUT2D eigenvalue weighted by Gasteiger charge is -2.34. The molecule has 1 aliphatic rings. The Morgan fingerprint density at radius 2 is 1.89 bits per heavy atom. The molecule has 2 heterocycles. The largest absolute Gasteiger partial charge is 0.497 e. The van der Waals surface area contributed by atoms with Gasteiger partial charge in [0.15, 0.2) is 6.04 Å². The maximum absolute atomic E-state index is 14.0. The zero-order valence-electron chi connectivity index (χ0n) is 18.9. The van der Waals surface area contributed by atoms with Crippen LogP contribution in [0.15, 0.2) is 42.6 Å². The van der Waals surface area contributed by atoms with E-state index in [2.05, 4.69) is 15.7 Å². The lowest BCUT2D eigenvalue weighted by Crippen LogP contribution is -2.36. The normalized spacial score (nSPS) is 17.2. The minimum atomic E-state index is -4.58. The molecule has 0 unspecified atom stereocenters. The number of hydrogen-bond acceptors (Lipinski definition) is 6. The molecule has 186 valence electrons. The second-order valence-corrected chi connectivity index (χ2v) is 8.17. The van der Waals surface area contributed by atoms with Crippen molar-refractivity contribution in [3.05, 3.63) is 58.7 Å². The van der Waals surface area contributed by atoms with Gasteiger partial charge in [-0.2, -0.15) is 18.3 Å². The predicted octanol–water partition coefficient (Wildman–Crippen LogP) is 5.47. The smallest absolute Gasteiger partial charge is 0.410 e. The summed E-state index contributed by atoms with van der Waals surface area (Å²) < 4.78 is 58.4. The van der Waals surface area contributed by atoms with Crippen LogP contribution in [0.25, 0.3) is 0 Å². The van der Waals surface area contributed by atoms with E-state index < -0.39 is 24.2 Å². The van der Waals surface area contributed by atoms with Crippen molar-refractivity contribution >= 4 is 29.0 Å². The van der Waals surface area contributed by atoms with Crippen LogP contribution < -0.4 is 24.8 Å². The number of amides is 1. The molecule has 0 aliphatic carbocycles. The Morgan fingerprint density at radius 3 is 2.54 bits per heavy atom. The molecule has 35 heavy (non-hydrogen) atoms. The van der Waals surface area contributed by atoms with Crippen LogP contribution in [0, 0.1) is 0 Å². The monoisotopic (exact) mass is 510 g/mol. The Labute approximate surface area is 203 Å². The number of aromatic nitrogens is 2. The summed E-state index contributed by atoms with van der Waals surface area (Å²) in [5.41, 5.74) is 0.746. The van der Waals surface area contributed by atoms with Gasteiger partial charge in [-0.1, -0.05) is 23.7 Å². The number of halogens is 4. The lowest BCUT2D eigenvalue weighted by molar-refractivity contribution is -0.173. The summed E-state index contributed by atoms with van der Waals surface area (Å²) in [6.07, 6.45) is -3.79. The third-order valence-electron chi connectivity index (χ3n) is 5.70. The zero-order chi connectivity index (χ0) is 25.3. The van der Waals surface area contributed by atoms with Crippen molar-refractivity contribution in [2.24, 2.45) is 0 Å². The van der Waals surface area contributed by atoms with Gasteiger partial charge in [-0.15, -0.1) is 0 Å². The van der Waals surface area contributed by atoms with Gasteiger partial charge in [0.25, 0.3) is 5.91 Å². The van der Waals surface area contributed by atoms with Crippen molar-refractivity contribution in [2.45, 2.75) is 24.7 Å². The Balaban J connectivity index is 1.71. The van der Waals surface area contributed by atoms with Crippen LogP contribution >= 0.6 is 11.6 Å². The maximum Gasteiger partial charge on any atom is 0.410 e. The van der Waals surface area contributed by atoms with Gasteiger partial charge in [-0.3, -0.25) is 4.79 Å². The number of hydrogen-bond donors (Lipinski definition) is 2. The minimum Gasteiger partial charge on any atom is -0.497 e. The number of ether oxygens (including phenoxy) is 3. The number of carbonyl (C=O) groups is 1. The number of benzene rings is 2. The number of nitrogens with zero attached hydrogens (tertiary/aromatic N) is 2. The molecule has 12 heteroatoms. The van der Waals surface area contributed by atoms with Crippen LogP contribution in [0.3, 0.4) is 0 Å². The highest BCUT2D eigenvalue weighted by molar-refractivity contribution is 6.32. The van der Waals surface area contributed by atoms with Gasteiger partial charge in [0.1, 0.15) is 28.6 Å². The molecule has 0 saturated heterocycles. The predicted molar refractivity (Wildman–Crippen MR) is 124 cm³/mol. The van der Waals surface area contributed by atoms with Crippen molar-refractivity contribution in [1.82, 2.24) is 9.78 Å². The molecule has 2 N–H and O–H groups in total. The van der Waals surface area contributed by atoms with Crippen molar-refractivity contribution in [3.8, 4) is 17.2 Å². The van der Waals surface area contributed by atoms with E-state index in [0.29, 0.717) is 11.3 Å². The summed E-state index contributed by atoms with van der Waals surface area (Å²) in [7, 11) is 4.28. The summed E-state index contributed by atoms with van der Waals surface area (Å²) in [6, 6.07) is 6.99. The quantitative estimate of drug-likeness (QED) is 0.457. The van der Waals surface area contributed by atoms with Gasteiger partial charge in [-0.25, -0.2) is 4.68 Å². The number of alkyl halides is 3. The highest BCUT2D eigenvalue weighted by Gasteiger charge is 2.47. The molecule has 2 aromatic carbocycles. The van der Waals surface area contributed by atoms with Gasteiger partial charge >= 0.3 is 6.18 Å². The Bertz CT molecular complexity index is 1250. The fourth-order valence-corrected chi connectivity index (χ4v) is 4.18. The zero-order valence-corrected chi connectivity index (χ0v) is 19.7. The first kappa shape index (κ1) is 24.5. The first-order valence-corrected chi connectivity index (χ1v) is 10.8. The molecule has 0 saturated carbocycles. The molecule has 1 amide bonds. The van der Waals surface area contributed by atoms with Crippen LogP contribution in [-0.4, -0.2) is 43.2 Å². The van der Waals surface area contributed by atoms with Crippen molar-refractivity contribution in [3.63, 3.8) is 0 Å². The van der Waals surface area contributed by atoms with Gasteiger partial charge in [-0.05, 0) is 17.7 Å². The summed E-state index contributed by atoms with van der Waals surface area (Å²) in [6.45, 7) is 0. The van der Waals surface area contributed by atoms with Crippen molar-refractivity contribution < 1.29 is 32.2 Å². The molecule has 1 aromatic heterocycles. The van der Waals surface area contributed by atoms with E-state index in [1.807, 2.05) is 0 Å². The molecular weight excluding hydrogens is 489 g/mol. The molecule has 0 radical (unpaired) electrons. The SMILES string of the molecule is COc1cccc([C@@H]2C[C@@H](C(F)(F)F)n3ncc(C(=O)Nc4cc(OC)c(Cl)cc4OC)c3N2)c1. The first-order valence-electron chi connectivity index (χ1n) is 10.4. The Kier molecular flexibility index (Phi) is 6.70. The maximum atomic E-state index is 14.0. The number of nitrogens with one attached hydrogen (secondary N) is 2.